The lowest BCUT2D eigenvalue weighted by Crippen LogP contribution is -2.22. The molecule has 7 heteroatoms. The molecule has 0 aliphatic carbocycles. The first-order chi connectivity index (χ1) is 11.0. The van der Waals surface area contributed by atoms with Gasteiger partial charge in [-0.05, 0) is 36.4 Å². The molecule has 0 aliphatic rings. The second kappa shape index (κ2) is 7.60. The molecule has 0 saturated carbocycles. The molecule has 23 heavy (non-hydrogen) atoms. The second-order valence-electron chi connectivity index (χ2n) is 4.69. The van der Waals surface area contributed by atoms with Crippen LogP contribution in [0.15, 0.2) is 42.5 Å². The third kappa shape index (κ3) is 4.69. The minimum Gasteiger partial charge on any atom is -0.376 e. The first kappa shape index (κ1) is 16.8. The van der Waals surface area contributed by atoms with Gasteiger partial charge in [-0.3, -0.25) is 9.59 Å². The van der Waals surface area contributed by atoms with Crippen molar-refractivity contribution in [1.82, 2.24) is 5.32 Å². The van der Waals surface area contributed by atoms with Crippen LogP contribution in [0, 0.1) is 5.82 Å². The van der Waals surface area contributed by atoms with E-state index in [0.29, 0.717) is 16.9 Å². The van der Waals surface area contributed by atoms with Crippen LogP contribution in [-0.4, -0.2) is 25.4 Å². The van der Waals surface area contributed by atoms with Crippen molar-refractivity contribution in [1.29, 1.82) is 0 Å². The molecule has 0 fully saturated rings. The molecule has 0 aromatic heterocycles. The molecule has 5 nitrogen and oxygen atoms in total. The van der Waals surface area contributed by atoms with E-state index < -0.39 is 5.82 Å². The molecular formula is C16H15ClFN3O2. The number of carbonyl (C=O) groups is 2. The van der Waals surface area contributed by atoms with E-state index in [9.17, 15) is 14.0 Å². The Morgan fingerprint density at radius 1 is 1.13 bits per heavy atom. The third-order valence-corrected chi connectivity index (χ3v) is 3.30. The van der Waals surface area contributed by atoms with Gasteiger partial charge >= 0.3 is 0 Å². The minimum atomic E-state index is -0.547. The maximum absolute atomic E-state index is 13.0. The van der Waals surface area contributed by atoms with Gasteiger partial charge in [-0.1, -0.05) is 17.7 Å². The molecule has 0 radical (unpaired) electrons. The van der Waals surface area contributed by atoms with Gasteiger partial charge in [0.25, 0.3) is 5.91 Å². The Balaban J connectivity index is 1.94. The van der Waals surface area contributed by atoms with Crippen LogP contribution in [0.5, 0.6) is 0 Å². The Bertz CT molecular complexity index is 737. The van der Waals surface area contributed by atoms with Crippen LogP contribution in [-0.2, 0) is 4.79 Å². The van der Waals surface area contributed by atoms with E-state index in [2.05, 4.69) is 16.0 Å². The Hall–Kier alpha value is -2.60. The number of benzene rings is 2. The van der Waals surface area contributed by atoms with E-state index in [0.717, 1.165) is 0 Å². The average molecular weight is 336 g/mol. The highest BCUT2D eigenvalue weighted by atomic mass is 35.5. The van der Waals surface area contributed by atoms with Crippen molar-refractivity contribution in [2.24, 2.45) is 0 Å². The summed E-state index contributed by atoms with van der Waals surface area (Å²) < 4.78 is 13.0. The van der Waals surface area contributed by atoms with Gasteiger partial charge in [0.15, 0.2) is 0 Å². The van der Waals surface area contributed by atoms with Gasteiger partial charge in [0.05, 0.1) is 11.6 Å². The molecule has 0 atom stereocenters. The second-order valence-corrected chi connectivity index (χ2v) is 5.10. The van der Waals surface area contributed by atoms with Gasteiger partial charge in [-0.2, -0.15) is 0 Å². The Labute approximate surface area is 137 Å². The fourth-order valence-electron chi connectivity index (χ4n) is 1.88. The monoisotopic (exact) mass is 335 g/mol. The molecule has 0 bridgehead atoms. The van der Waals surface area contributed by atoms with Crippen LogP contribution in [0.4, 0.5) is 15.8 Å². The first-order valence-corrected chi connectivity index (χ1v) is 7.18. The summed E-state index contributed by atoms with van der Waals surface area (Å²) in [6.07, 6.45) is 0. The summed E-state index contributed by atoms with van der Waals surface area (Å²) in [6, 6.07) is 10.7. The lowest BCUT2D eigenvalue weighted by molar-refractivity contribution is -0.114. The highest BCUT2D eigenvalue weighted by Gasteiger charge is 2.07. The summed E-state index contributed by atoms with van der Waals surface area (Å²) >= 11 is 5.65. The van der Waals surface area contributed by atoms with Crippen molar-refractivity contribution in [2.45, 2.75) is 0 Å². The maximum atomic E-state index is 13.0. The number of rotatable bonds is 5. The number of hydrogen-bond donors (Lipinski definition) is 3. The van der Waals surface area contributed by atoms with E-state index in [1.807, 2.05) is 0 Å². The third-order valence-electron chi connectivity index (χ3n) is 3.01. The minimum absolute atomic E-state index is 0.00775. The summed E-state index contributed by atoms with van der Waals surface area (Å²) in [4.78, 5) is 23.4. The van der Waals surface area contributed by atoms with E-state index in [1.165, 1.54) is 18.2 Å². The zero-order valence-corrected chi connectivity index (χ0v) is 13.1. The van der Waals surface area contributed by atoms with Crippen molar-refractivity contribution in [2.75, 3.05) is 24.2 Å². The topological polar surface area (TPSA) is 70.2 Å². The van der Waals surface area contributed by atoms with Crippen molar-refractivity contribution in [3.63, 3.8) is 0 Å². The number of anilines is 2. The Morgan fingerprint density at radius 2 is 1.91 bits per heavy atom. The van der Waals surface area contributed by atoms with Gasteiger partial charge < -0.3 is 16.0 Å². The molecule has 2 aromatic rings. The normalized spacial score (nSPS) is 10.0. The molecular weight excluding hydrogens is 321 g/mol. The number of nitrogens with one attached hydrogen (secondary N) is 3. The molecule has 0 spiro atoms. The van der Waals surface area contributed by atoms with Crippen LogP contribution < -0.4 is 16.0 Å². The lowest BCUT2D eigenvalue weighted by atomic mass is 10.2. The molecule has 2 rings (SSSR count). The van der Waals surface area contributed by atoms with Gasteiger partial charge in [-0.15, -0.1) is 0 Å². The summed E-state index contributed by atoms with van der Waals surface area (Å²) in [7, 11) is 1.55. The van der Waals surface area contributed by atoms with E-state index in [-0.39, 0.29) is 23.4 Å². The molecule has 0 saturated heterocycles. The standard InChI is InChI=1S/C16H15ClFN3O2/c1-19-16(23)10-3-2-4-11(7-10)20-9-15(22)21-12-5-6-14(18)13(17)8-12/h2-8,20H,9H2,1H3,(H,19,23)(H,21,22). The van der Waals surface area contributed by atoms with Gasteiger partial charge in [-0.25, -0.2) is 4.39 Å². The lowest BCUT2D eigenvalue weighted by Gasteiger charge is -2.09. The molecule has 2 aromatic carbocycles. The van der Waals surface area contributed by atoms with Crippen LogP contribution in [0.2, 0.25) is 5.02 Å². The fraction of sp³-hybridized carbons (Fsp3) is 0.125. The number of hydrogen-bond acceptors (Lipinski definition) is 3. The summed E-state index contributed by atoms with van der Waals surface area (Å²) in [5.74, 6) is -1.08. The molecule has 0 unspecified atom stereocenters. The van der Waals surface area contributed by atoms with Crippen molar-refractivity contribution in [3.05, 3.63) is 58.9 Å². The highest BCUT2D eigenvalue weighted by molar-refractivity contribution is 6.31. The van der Waals surface area contributed by atoms with E-state index >= 15 is 0 Å². The van der Waals surface area contributed by atoms with Gasteiger partial charge in [0, 0.05) is 24.0 Å². The molecule has 120 valence electrons. The summed E-state index contributed by atoms with van der Waals surface area (Å²) in [6.45, 7) is -0.00775. The van der Waals surface area contributed by atoms with Crippen molar-refractivity contribution >= 4 is 34.8 Å². The Morgan fingerprint density at radius 3 is 2.61 bits per heavy atom. The zero-order chi connectivity index (χ0) is 16.8. The van der Waals surface area contributed by atoms with E-state index in [4.69, 9.17) is 11.6 Å². The van der Waals surface area contributed by atoms with Crippen LogP contribution in [0.3, 0.4) is 0 Å². The molecule has 2 amide bonds. The summed E-state index contributed by atoms with van der Waals surface area (Å²) in [5.41, 5.74) is 1.53. The highest BCUT2D eigenvalue weighted by Crippen LogP contribution is 2.19. The smallest absolute Gasteiger partial charge is 0.251 e. The van der Waals surface area contributed by atoms with Crippen molar-refractivity contribution in [3.8, 4) is 0 Å². The van der Waals surface area contributed by atoms with Crippen LogP contribution in [0.1, 0.15) is 10.4 Å². The van der Waals surface area contributed by atoms with Crippen LogP contribution in [0.25, 0.3) is 0 Å². The number of carbonyl (C=O) groups excluding carboxylic acids is 2. The van der Waals surface area contributed by atoms with Gasteiger partial charge in [0.2, 0.25) is 5.91 Å². The Kier molecular flexibility index (Phi) is 5.54. The molecule has 3 N–H and O–H groups in total. The predicted molar refractivity (Wildman–Crippen MR) is 88.4 cm³/mol. The van der Waals surface area contributed by atoms with Crippen LogP contribution >= 0.6 is 11.6 Å². The maximum Gasteiger partial charge on any atom is 0.251 e. The molecule has 0 heterocycles. The zero-order valence-electron chi connectivity index (χ0n) is 12.3. The predicted octanol–water partition coefficient (Wildman–Crippen LogP) is 2.89. The summed E-state index contributed by atoms with van der Waals surface area (Å²) in [5, 5.41) is 7.97. The number of amides is 2. The largest absolute Gasteiger partial charge is 0.376 e. The van der Waals surface area contributed by atoms with Crippen molar-refractivity contribution < 1.29 is 14.0 Å². The average Bonchev–Trinajstić information content (AvgIpc) is 2.56. The molecule has 0 aliphatic heterocycles. The van der Waals surface area contributed by atoms with Gasteiger partial charge in [0.1, 0.15) is 5.82 Å². The SMILES string of the molecule is CNC(=O)c1cccc(NCC(=O)Nc2ccc(F)c(Cl)c2)c1. The number of halogens is 2. The van der Waals surface area contributed by atoms with E-state index in [1.54, 1.807) is 31.3 Å². The fourth-order valence-corrected chi connectivity index (χ4v) is 2.06. The quantitative estimate of drug-likeness (QED) is 0.787. The first-order valence-electron chi connectivity index (χ1n) is 6.80.